The molecule has 0 aromatic heterocycles. The van der Waals surface area contributed by atoms with Gasteiger partial charge >= 0.3 is 0 Å². The standard InChI is InChI=1S/C18H30N2O2/c1-11(2)15-9-21-17(19-15)13-7-5-6-8-14(13)18-20-16(10-22-18)12(3)4/h11-16H,5-10H2,1-4H3/t13-,14+,15-,16-/m0/s1. The lowest BCUT2D eigenvalue weighted by Crippen LogP contribution is -2.33. The third-order valence-electron chi connectivity index (χ3n) is 5.33. The maximum absolute atomic E-state index is 5.97. The van der Waals surface area contributed by atoms with Crippen LogP contribution in [0.1, 0.15) is 53.4 Å². The molecule has 3 aliphatic rings. The highest BCUT2D eigenvalue weighted by Crippen LogP contribution is 2.36. The Labute approximate surface area is 134 Å². The van der Waals surface area contributed by atoms with Crippen molar-refractivity contribution in [3.63, 3.8) is 0 Å². The highest BCUT2D eigenvalue weighted by Gasteiger charge is 2.40. The van der Waals surface area contributed by atoms with E-state index in [-0.39, 0.29) is 0 Å². The molecule has 0 aromatic rings. The fourth-order valence-electron chi connectivity index (χ4n) is 3.63. The first-order chi connectivity index (χ1) is 10.6. The van der Waals surface area contributed by atoms with E-state index in [9.17, 15) is 0 Å². The van der Waals surface area contributed by atoms with Crippen molar-refractivity contribution in [3.8, 4) is 0 Å². The largest absolute Gasteiger partial charge is 0.478 e. The van der Waals surface area contributed by atoms with E-state index in [4.69, 9.17) is 19.5 Å². The minimum absolute atomic E-state index is 0.326. The van der Waals surface area contributed by atoms with Gasteiger partial charge in [-0.1, -0.05) is 40.5 Å². The van der Waals surface area contributed by atoms with E-state index in [1.54, 1.807) is 0 Å². The first kappa shape index (κ1) is 15.8. The Hall–Kier alpha value is -1.06. The minimum atomic E-state index is 0.326. The van der Waals surface area contributed by atoms with Gasteiger partial charge in [0.2, 0.25) is 0 Å². The van der Waals surface area contributed by atoms with E-state index in [1.165, 1.54) is 12.8 Å². The van der Waals surface area contributed by atoms with Gasteiger partial charge in [-0.2, -0.15) is 0 Å². The van der Waals surface area contributed by atoms with Gasteiger partial charge in [0.1, 0.15) is 13.2 Å². The molecule has 0 saturated heterocycles. The van der Waals surface area contributed by atoms with Gasteiger partial charge in [-0.05, 0) is 24.7 Å². The second-order valence-electron chi connectivity index (χ2n) is 7.68. The van der Waals surface area contributed by atoms with Crippen molar-refractivity contribution >= 4 is 11.8 Å². The Balaban J connectivity index is 1.75. The molecule has 0 radical (unpaired) electrons. The molecule has 0 amide bonds. The summed E-state index contributed by atoms with van der Waals surface area (Å²) >= 11 is 0. The molecule has 0 N–H and O–H groups in total. The summed E-state index contributed by atoms with van der Waals surface area (Å²) in [4.78, 5) is 9.74. The molecule has 3 rings (SSSR count). The van der Waals surface area contributed by atoms with Crippen LogP contribution in [0.15, 0.2) is 9.98 Å². The SMILES string of the molecule is CC(C)[C@@H]1COC([C@H]2CCCC[C@H]2C2=N[C@H](C(C)C)CO2)=N1. The average Bonchev–Trinajstić information content (AvgIpc) is 3.17. The number of rotatable bonds is 4. The zero-order chi connectivity index (χ0) is 15.7. The van der Waals surface area contributed by atoms with Crippen molar-refractivity contribution < 1.29 is 9.47 Å². The molecule has 4 nitrogen and oxygen atoms in total. The third-order valence-corrected chi connectivity index (χ3v) is 5.33. The molecule has 124 valence electrons. The first-order valence-corrected chi connectivity index (χ1v) is 8.97. The summed E-state index contributed by atoms with van der Waals surface area (Å²) in [5.41, 5.74) is 0. The molecule has 0 bridgehead atoms. The Morgan fingerprint density at radius 2 is 1.18 bits per heavy atom. The van der Waals surface area contributed by atoms with Crippen LogP contribution in [0, 0.1) is 23.7 Å². The molecule has 1 aliphatic carbocycles. The van der Waals surface area contributed by atoms with Crippen LogP contribution in [-0.2, 0) is 9.47 Å². The van der Waals surface area contributed by atoms with Gasteiger partial charge < -0.3 is 9.47 Å². The minimum Gasteiger partial charge on any atom is -0.478 e. The van der Waals surface area contributed by atoms with Crippen LogP contribution < -0.4 is 0 Å². The molecule has 2 heterocycles. The highest BCUT2D eigenvalue weighted by atomic mass is 16.5. The van der Waals surface area contributed by atoms with Crippen molar-refractivity contribution in [1.29, 1.82) is 0 Å². The summed E-state index contributed by atoms with van der Waals surface area (Å²) in [5.74, 6) is 3.80. The van der Waals surface area contributed by atoms with E-state index in [2.05, 4.69) is 27.7 Å². The summed E-state index contributed by atoms with van der Waals surface area (Å²) in [6.07, 6.45) is 4.83. The molecule has 4 heteroatoms. The number of hydrogen-bond acceptors (Lipinski definition) is 4. The van der Waals surface area contributed by atoms with Crippen molar-refractivity contribution in [2.24, 2.45) is 33.7 Å². The summed E-state index contributed by atoms with van der Waals surface area (Å²) in [6.45, 7) is 10.4. The number of nitrogens with zero attached hydrogens (tertiary/aromatic N) is 2. The van der Waals surface area contributed by atoms with Crippen molar-refractivity contribution in [2.45, 2.75) is 65.5 Å². The van der Waals surface area contributed by atoms with E-state index in [1.807, 2.05) is 0 Å². The molecular weight excluding hydrogens is 276 g/mol. The van der Waals surface area contributed by atoms with Gasteiger partial charge in [-0.25, -0.2) is 9.98 Å². The molecule has 4 atom stereocenters. The number of hydrogen-bond donors (Lipinski definition) is 0. The molecule has 1 saturated carbocycles. The van der Waals surface area contributed by atoms with Gasteiger partial charge in [-0.15, -0.1) is 0 Å². The predicted octanol–water partition coefficient (Wildman–Crippen LogP) is 3.70. The van der Waals surface area contributed by atoms with Crippen molar-refractivity contribution in [3.05, 3.63) is 0 Å². The zero-order valence-electron chi connectivity index (χ0n) is 14.4. The topological polar surface area (TPSA) is 43.2 Å². The lowest BCUT2D eigenvalue weighted by atomic mass is 9.78. The maximum Gasteiger partial charge on any atom is 0.187 e. The van der Waals surface area contributed by atoms with E-state index in [0.717, 1.165) is 37.9 Å². The molecule has 1 fully saturated rings. The van der Waals surface area contributed by atoms with Crippen LogP contribution >= 0.6 is 0 Å². The second kappa shape index (κ2) is 6.59. The maximum atomic E-state index is 5.97. The average molecular weight is 306 g/mol. The Morgan fingerprint density at radius 1 is 0.773 bits per heavy atom. The Kier molecular flexibility index (Phi) is 4.74. The Morgan fingerprint density at radius 3 is 1.50 bits per heavy atom. The van der Waals surface area contributed by atoms with Crippen molar-refractivity contribution in [2.75, 3.05) is 13.2 Å². The van der Waals surface area contributed by atoms with Gasteiger partial charge in [0.15, 0.2) is 11.8 Å². The summed E-state index contributed by atoms with van der Waals surface area (Å²) in [6, 6.07) is 0.653. The molecule has 0 aromatic carbocycles. The van der Waals surface area contributed by atoms with Gasteiger partial charge in [0.25, 0.3) is 0 Å². The van der Waals surface area contributed by atoms with E-state index < -0.39 is 0 Å². The summed E-state index contributed by atoms with van der Waals surface area (Å²) < 4.78 is 11.9. The summed E-state index contributed by atoms with van der Waals surface area (Å²) in [7, 11) is 0. The van der Waals surface area contributed by atoms with Gasteiger partial charge in [0.05, 0.1) is 12.1 Å². The predicted molar refractivity (Wildman–Crippen MR) is 89.5 cm³/mol. The fourth-order valence-corrected chi connectivity index (χ4v) is 3.63. The normalized spacial score (nSPS) is 35.4. The van der Waals surface area contributed by atoms with E-state index >= 15 is 0 Å². The zero-order valence-corrected chi connectivity index (χ0v) is 14.4. The van der Waals surface area contributed by atoms with Crippen LogP contribution in [0.2, 0.25) is 0 Å². The van der Waals surface area contributed by atoms with Gasteiger partial charge in [0, 0.05) is 11.8 Å². The highest BCUT2D eigenvalue weighted by molar-refractivity contribution is 5.89. The molecule has 0 unspecified atom stereocenters. The monoisotopic (exact) mass is 306 g/mol. The molecular formula is C18H30N2O2. The summed E-state index contributed by atoms with van der Waals surface area (Å²) in [5, 5.41) is 0. The smallest absolute Gasteiger partial charge is 0.187 e. The fraction of sp³-hybridized carbons (Fsp3) is 0.889. The molecule has 2 aliphatic heterocycles. The second-order valence-corrected chi connectivity index (χ2v) is 7.68. The van der Waals surface area contributed by atoms with Gasteiger partial charge in [-0.3, -0.25) is 0 Å². The van der Waals surface area contributed by atoms with Crippen molar-refractivity contribution in [1.82, 2.24) is 0 Å². The van der Waals surface area contributed by atoms with Crippen LogP contribution in [0.5, 0.6) is 0 Å². The quantitative estimate of drug-likeness (QED) is 0.795. The number of aliphatic imine (C=N–C) groups is 2. The molecule has 22 heavy (non-hydrogen) atoms. The molecule has 0 spiro atoms. The number of ether oxygens (including phenoxy) is 2. The van der Waals surface area contributed by atoms with Crippen LogP contribution in [0.25, 0.3) is 0 Å². The lowest BCUT2D eigenvalue weighted by molar-refractivity contribution is 0.228. The lowest BCUT2D eigenvalue weighted by Gasteiger charge is -2.30. The van der Waals surface area contributed by atoms with Crippen LogP contribution in [0.3, 0.4) is 0 Å². The van der Waals surface area contributed by atoms with Crippen LogP contribution in [-0.4, -0.2) is 37.1 Å². The third kappa shape index (κ3) is 3.16. The van der Waals surface area contributed by atoms with E-state index in [0.29, 0.717) is 35.8 Å². The first-order valence-electron chi connectivity index (χ1n) is 8.97. The Bertz CT molecular complexity index is 414. The van der Waals surface area contributed by atoms with Crippen LogP contribution in [0.4, 0.5) is 0 Å².